The van der Waals surface area contributed by atoms with Crippen molar-refractivity contribution in [3.8, 4) is 11.3 Å². The lowest BCUT2D eigenvalue weighted by Gasteiger charge is -2.10. The van der Waals surface area contributed by atoms with Gasteiger partial charge in [-0.3, -0.25) is 0 Å². The largest absolute Gasteiger partial charge is 0.357 e. The second kappa shape index (κ2) is 11.3. The van der Waals surface area contributed by atoms with Crippen molar-refractivity contribution in [2.45, 2.75) is 19.9 Å². The van der Waals surface area contributed by atoms with Crippen LogP contribution in [0.15, 0.2) is 58.2 Å². The maximum absolute atomic E-state index is 4.69. The molecular formula is C19H23IN4S2. The molecule has 0 unspecified atom stereocenters. The number of aliphatic imine (C=N–C) groups is 1. The van der Waals surface area contributed by atoms with Gasteiger partial charge in [-0.1, -0.05) is 36.4 Å². The lowest BCUT2D eigenvalue weighted by Crippen LogP contribution is -2.38. The first-order valence-corrected chi connectivity index (χ1v) is 10.2. The number of hydrogen-bond acceptors (Lipinski definition) is 4. The van der Waals surface area contributed by atoms with Crippen LogP contribution in [0.1, 0.15) is 16.8 Å². The van der Waals surface area contributed by atoms with Crippen LogP contribution in [-0.2, 0) is 13.0 Å². The molecule has 0 aliphatic heterocycles. The predicted molar refractivity (Wildman–Crippen MR) is 124 cm³/mol. The van der Waals surface area contributed by atoms with E-state index in [1.807, 2.05) is 18.2 Å². The molecule has 0 aliphatic rings. The van der Waals surface area contributed by atoms with Crippen molar-refractivity contribution in [3.05, 3.63) is 63.1 Å². The summed E-state index contributed by atoms with van der Waals surface area (Å²) in [6, 6.07) is 14.5. The SMILES string of the molecule is CCNC(=NCc1nc(-c2ccccc2)cs1)NCCc1cccs1.I. The van der Waals surface area contributed by atoms with Crippen LogP contribution < -0.4 is 10.6 Å². The average molecular weight is 498 g/mol. The third kappa shape index (κ3) is 6.37. The van der Waals surface area contributed by atoms with Crippen molar-refractivity contribution >= 4 is 52.6 Å². The van der Waals surface area contributed by atoms with E-state index in [2.05, 4.69) is 57.6 Å². The monoisotopic (exact) mass is 498 g/mol. The van der Waals surface area contributed by atoms with Gasteiger partial charge in [0.05, 0.1) is 12.2 Å². The van der Waals surface area contributed by atoms with Gasteiger partial charge in [0.15, 0.2) is 5.96 Å². The summed E-state index contributed by atoms with van der Waals surface area (Å²) in [6.45, 7) is 4.39. The molecule has 0 saturated carbocycles. The highest BCUT2D eigenvalue weighted by molar-refractivity contribution is 14.0. The van der Waals surface area contributed by atoms with Gasteiger partial charge in [-0.15, -0.1) is 46.7 Å². The molecule has 0 aliphatic carbocycles. The van der Waals surface area contributed by atoms with E-state index in [1.54, 1.807) is 22.7 Å². The zero-order valence-electron chi connectivity index (χ0n) is 14.6. The molecular weight excluding hydrogens is 475 g/mol. The Kier molecular flexibility index (Phi) is 9.07. The van der Waals surface area contributed by atoms with Crippen LogP contribution in [0.3, 0.4) is 0 Å². The highest BCUT2D eigenvalue weighted by Gasteiger charge is 2.04. The molecule has 0 atom stereocenters. The number of nitrogens with zero attached hydrogens (tertiary/aromatic N) is 2. The van der Waals surface area contributed by atoms with E-state index in [9.17, 15) is 0 Å². The molecule has 7 heteroatoms. The number of rotatable bonds is 7. The number of thiazole rings is 1. The molecule has 0 fully saturated rings. The Bertz CT molecular complexity index is 785. The molecule has 0 bridgehead atoms. The summed E-state index contributed by atoms with van der Waals surface area (Å²) in [6.07, 6.45) is 1.01. The molecule has 1 aromatic carbocycles. The Morgan fingerprint density at radius 1 is 1.08 bits per heavy atom. The highest BCUT2D eigenvalue weighted by Crippen LogP contribution is 2.21. The summed E-state index contributed by atoms with van der Waals surface area (Å²) >= 11 is 3.44. The average Bonchev–Trinajstić information content (AvgIpc) is 3.32. The quantitative estimate of drug-likeness (QED) is 0.280. The van der Waals surface area contributed by atoms with E-state index in [-0.39, 0.29) is 24.0 Å². The molecule has 26 heavy (non-hydrogen) atoms. The van der Waals surface area contributed by atoms with Crippen molar-refractivity contribution in [2.75, 3.05) is 13.1 Å². The van der Waals surface area contributed by atoms with Gasteiger partial charge in [-0.2, -0.15) is 0 Å². The minimum atomic E-state index is 0. The third-order valence-corrected chi connectivity index (χ3v) is 5.35. The predicted octanol–water partition coefficient (Wildman–Crippen LogP) is 4.79. The lowest BCUT2D eigenvalue weighted by atomic mass is 10.2. The number of benzene rings is 1. The molecule has 3 aromatic rings. The first-order chi connectivity index (χ1) is 12.3. The maximum Gasteiger partial charge on any atom is 0.191 e. The van der Waals surface area contributed by atoms with Gasteiger partial charge in [0, 0.05) is 28.9 Å². The first kappa shape index (κ1) is 20.9. The van der Waals surface area contributed by atoms with Gasteiger partial charge in [0.2, 0.25) is 0 Å². The second-order valence-corrected chi connectivity index (χ2v) is 7.42. The van der Waals surface area contributed by atoms with Gasteiger partial charge in [0.1, 0.15) is 5.01 Å². The van der Waals surface area contributed by atoms with E-state index in [1.165, 1.54) is 4.88 Å². The first-order valence-electron chi connectivity index (χ1n) is 8.39. The molecule has 0 radical (unpaired) electrons. The fraction of sp³-hybridized carbons (Fsp3) is 0.263. The third-order valence-electron chi connectivity index (χ3n) is 3.58. The van der Waals surface area contributed by atoms with Crippen LogP contribution in [0.25, 0.3) is 11.3 Å². The molecule has 0 amide bonds. The van der Waals surface area contributed by atoms with Gasteiger partial charge >= 0.3 is 0 Å². The molecule has 4 nitrogen and oxygen atoms in total. The van der Waals surface area contributed by atoms with Gasteiger partial charge in [-0.25, -0.2) is 9.98 Å². The van der Waals surface area contributed by atoms with Gasteiger partial charge in [-0.05, 0) is 24.8 Å². The Labute approximate surface area is 179 Å². The van der Waals surface area contributed by atoms with Crippen molar-refractivity contribution < 1.29 is 0 Å². The lowest BCUT2D eigenvalue weighted by molar-refractivity contribution is 0.804. The minimum Gasteiger partial charge on any atom is -0.357 e. The Morgan fingerprint density at radius 3 is 2.65 bits per heavy atom. The number of nitrogens with one attached hydrogen (secondary N) is 2. The van der Waals surface area contributed by atoms with Crippen molar-refractivity contribution in [1.82, 2.24) is 15.6 Å². The zero-order chi connectivity index (χ0) is 17.3. The number of thiophene rings is 1. The Morgan fingerprint density at radius 2 is 1.92 bits per heavy atom. The minimum absolute atomic E-state index is 0. The van der Waals surface area contributed by atoms with Crippen molar-refractivity contribution in [3.63, 3.8) is 0 Å². The van der Waals surface area contributed by atoms with Gasteiger partial charge in [0.25, 0.3) is 0 Å². The highest BCUT2D eigenvalue weighted by atomic mass is 127. The normalized spacial score (nSPS) is 11.0. The number of hydrogen-bond donors (Lipinski definition) is 2. The van der Waals surface area contributed by atoms with Crippen molar-refractivity contribution in [1.29, 1.82) is 0 Å². The van der Waals surface area contributed by atoms with Crippen LogP contribution in [-0.4, -0.2) is 24.0 Å². The summed E-state index contributed by atoms with van der Waals surface area (Å²) in [5.41, 5.74) is 2.17. The Balaban J connectivity index is 0.00000243. The van der Waals surface area contributed by atoms with Crippen molar-refractivity contribution in [2.24, 2.45) is 4.99 Å². The summed E-state index contributed by atoms with van der Waals surface area (Å²) in [5, 5.41) is 11.9. The zero-order valence-corrected chi connectivity index (χ0v) is 18.6. The number of halogens is 1. The standard InChI is InChI=1S/C19H22N4S2.HI/c1-2-20-19(21-11-10-16-9-6-12-24-16)22-13-18-23-17(14-25-18)15-7-4-3-5-8-15;/h3-9,12,14H,2,10-11,13H2,1H3,(H2,20,21,22);1H. The molecule has 138 valence electrons. The van der Waals surface area contributed by atoms with E-state index in [4.69, 9.17) is 4.98 Å². The van der Waals surface area contributed by atoms with Crippen LogP contribution in [0.5, 0.6) is 0 Å². The fourth-order valence-corrected chi connectivity index (χ4v) is 3.81. The summed E-state index contributed by atoms with van der Waals surface area (Å²) in [4.78, 5) is 10.7. The second-order valence-electron chi connectivity index (χ2n) is 5.44. The van der Waals surface area contributed by atoms with E-state index < -0.39 is 0 Å². The van der Waals surface area contributed by atoms with Gasteiger partial charge < -0.3 is 10.6 Å². The molecule has 0 saturated heterocycles. The molecule has 2 heterocycles. The Hall–Kier alpha value is -1.45. The summed E-state index contributed by atoms with van der Waals surface area (Å²) in [7, 11) is 0. The molecule has 3 rings (SSSR count). The summed E-state index contributed by atoms with van der Waals surface area (Å²) in [5.74, 6) is 0.843. The van der Waals surface area contributed by atoms with Crippen LogP contribution >= 0.6 is 46.7 Å². The smallest absolute Gasteiger partial charge is 0.191 e. The molecule has 0 spiro atoms. The van der Waals surface area contributed by atoms with Crippen LogP contribution in [0, 0.1) is 0 Å². The van der Waals surface area contributed by atoms with Crippen LogP contribution in [0.2, 0.25) is 0 Å². The van der Waals surface area contributed by atoms with E-state index in [0.717, 1.165) is 41.7 Å². The van der Waals surface area contributed by atoms with Crippen LogP contribution in [0.4, 0.5) is 0 Å². The fourth-order valence-electron chi connectivity index (χ4n) is 2.37. The maximum atomic E-state index is 4.69. The molecule has 2 aromatic heterocycles. The number of guanidine groups is 1. The number of aromatic nitrogens is 1. The topological polar surface area (TPSA) is 49.3 Å². The van der Waals surface area contributed by atoms with E-state index in [0.29, 0.717) is 6.54 Å². The molecule has 2 N–H and O–H groups in total. The summed E-state index contributed by atoms with van der Waals surface area (Å²) < 4.78 is 0. The van der Waals surface area contributed by atoms with E-state index >= 15 is 0 Å².